The number of phenols is 1. The summed E-state index contributed by atoms with van der Waals surface area (Å²) in [6.07, 6.45) is 1.05. The molecule has 0 saturated carbocycles. The van der Waals surface area contributed by atoms with E-state index in [1.165, 1.54) is 0 Å². The minimum Gasteiger partial charge on any atom is -0.506 e. The largest absolute Gasteiger partial charge is 0.506 e. The van der Waals surface area contributed by atoms with Crippen LogP contribution in [0, 0.1) is 0 Å². The molecular weight excluding hydrogens is 198 g/mol. The van der Waals surface area contributed by atoms with Crippen molar-refractivity contribution in [2.45, 2.75) is 32.7 Å². The van der Waals surface area contributed by atoms with E-state index in [4.69, 9.17) is 17.3 Å². The van der Waals surface area contributed by atoms with Gasteiger partial charge >= 0.3 is 0 Å². The summed E-state index contributed by atoms with van der Waals surface area (Å²) in [7, 11) is 0. The molecule has 14 heavy (non-hydrogen) atoms. The van der Waals surface area contributed by atoms with Gasteiger partial charge in [0.25, 0.3) is 0 Å². The Balaban J connectivity index is 3.16. The molecule has 0 heterocycles. The molecule has 0 spiro atoms. The molecule has 0 fully saturated rings. The van der Waals surface area contributed by atoms with Gasteiger partial charge in [0.1, 0.15) is 5.75 Å². The normalized spacial score (nSPS) is 12.9. The molecule has 1 rings (SSSR count). The van der Waals surface area contributed by atoms with Gasteiger partial charge in [-0.2, -0.15) is 0 Å². The molecular formula is C11H16ClNO. The lowest BCUT2D eigenvalue weighted by atomic mass is 9.96. The third-order valence-corrected chi connectivity index (χ3v) is 2.85. The van der Waals surface area contributed by atoms with Crippen molar-refractivity contribution in [1.29, 1.82) is 0 Å². The molecule has 78 valence electrons. The van der Waals surface area contributed by atoms with Crippen LogP contribution < -0.4 is 5.73 Å². The molecule has 0 bridgehead atoms. The summed E-state index contributed by atoms with van der Waals surface area (Å²) in [4.78, 5) is 0. The van der Waals surface area contributed by atoms with E-state index in [1.807, 2.05) is 12.1 Å². The van der Waals surface area contributed by atoms with E-state index in [0.717, 1.165) is 12.0 Å². The molecule has 1 aromatic rings. The molecule has 1 aromatic carbocycles. The number of phenolic OH excluding ortho intramolecular Hbond substituents is 1. The second-order valence-corrected chi connectivity index (χ2v) is 3.93. The zero-order valence-corrected chi connectivity index (χ0v) is 9.30. The van der Waals surface area contributed by atoms with Crippen molar-refractivity contribution < 1.29 is 5.11 Å². The molecule has 0 aliphatic heterocycles. The Hall–Kier alpha value is -0.730. The van der Waals surface area contributed by atoms with Crippen LogP contribution in [-0.2, 0) is 6.54 Å². The van der Waals surface area contributed by atoms with E-state index in [-0.39, 0.29) is 5.75 Å². The lowest BCUT2D eigenvalue weighted by molar-refractivity contribution is 0.468. The van der Waals surface area contributed by atoms with Gasteiger partial charge in [-0.3, -0.25) is 0 Å². The minimum absolute atomic E-state index is 0.112. The van der Waals surface area contributed by atoms with Crippen LogP contribution in [0.5, 0.6) is 5.75 Å². The molecule has 0 aliphatic carbocycles. The van der Waals surface area contributed by atoms with Gasteiger partial charge in [-0.05, 0) is 24.0 Å². The summed E-state index contributed by atoms with van der Waals surface area (Å²) >= 11 is 5.89. The SMILES string of the molecule is CCC(C)c1cc(Cl)c(O)c(CN)c1. The average Bonchev–Trinajstić information content (AvgIpc) is 2.20. The molecule has 0 aliphatic rings. The average molecular weight is 214 g/mol. The fourth-order valence-corrected chi connectivity index (χ4v) is 1.60. The Kier molecular flexibility index (Phi) is 3.78. The monoisotopic (exact) mass is 213 g/mol. The maximum absolute atomic E-state index is 9.56. The number of halogens is 1. The fourth-order valence-electron chi connectivity index (χ4n) is 1.36. The lowest BCUT2D eigenvalue weighted by Crippen LogP contribution is -2.00. The Morgan fingerprint density at radius 2 is 2.14 bits per heavy atom. The van der Waals surface area contributed by atoms with Crippen LogP contribution in [0.1, 0.15) is 37.3 Å². The van der Waals surface area contributed by atoms with Gasteiger partial charge < -0.3 is 10.8 Å². The first-order chi connectivity index (χ1) is 6.60. The van der Waals surface area contributed by atoms with Gasteiger partial charge in [0.05, 0.1) is 5.02 Å². The van der Waals surface area contributed by atoms with Crippen molar-refractivity contribution in [3.05, 3.63) is 28.3 Å². The standard InChI is InChI=1S/C11H16ClNO/c1-3-7(2)8-4-9(6-13)11(14)10(12)5-8/h4-5,7,14H,3,6,13H2,1-2H3. The van der Waals surface area contributed by atoms with E-state index in [0.29, 0.717) is 23.0 Å². The van der Waals surface area contributed by atoms with E-state index < -0.39 is 0 Å². The van der Waals surface area contributed by atoms with Crippen LogP contribution in [0.3, 0.4) is 0 Å². The van der Waals surface area contributed by atoms with Crippen molar-refractivity contribution in [3.8, 4) is 5.75 Å². The third kappa shape index (κ3) is 2.20. The van der Waals surface area contributed by atoms with Crippen LogP contribution in [-0.4, -0.2) is 5.11 Å². The highest BCUT2D eigenvalue weighted by atomic mass is 35.5. The van der Waals surface area contributed by atoms with Crippen molar-refractivity contribution in [1.82, 2.24) is 0 Å². The van der Waals surface area contributed by atoms with E-state index in [9.17, 15) is 5.11 Å². The summed E-state index contributed by atoms with van der Waals surface area (Å²) < 4.78 is 0. The quantitative estimate of drug-likeness (QED) is 0.811. The zero-order valence-electron chi connectivity index (χ0n) is 8.55. The second-order valence-electron chi connectivity index (χ2n) is 3.52. The molecule has 0 aromatic heterocycles. The molecule has 2 nitrogen and oxygen atoms in total. The number of rotatable bonds is 3. The van der Waals surface area contributed by atoms with Crippen LogP contribution in [0.15, 0.2) is 12.1 Å². The number of hydrogen-bond donors (Lipinski definition) is 2. The maximum Gasteiger partial charge on any atom is 0.138 e. The molecule has 1 atom stereocenters. The zero-order chi connectivity index (χ0) is 10.7. The Labute approximate surface area is 89.7 Å². The molecule has 0 amide bonds. The summed E-state index contributed by atoms with van der Waals surface area (Å²) in [5.74, 6) is 0.555. The van der Waals surface area contributed by atoms with Crippen molar-refractivity contribution in [2.24, 2.45) is 5.73 Å². The van der Waals surface area contributed by atoms with Gasteiger partial charge in [0, 0.05) is 12.1 Å². The van der Waals surface area contributed by atoms with Gasteiger partial charge in [0.2, 0.25) is 0 Å². The smallest absolute Gasteiger partial charge is 0.138 e. The minimum atomic E-state index is 0.112. The van der Waals surface area contributed by atoms with Crippen molar-refractivity contribution in [2.75, 3.05) is 0 Å². The second kappa shape index (κ2) is 4.67. The third-order valence-electron chi connectivity index (χ3n) is 2.57. The van der Waals surface area contributed by atoms with Gasteiger partial charge in [-0.25, -0.2) is 0 Å². The molecule has 3 N–H and O–H groups in total. The molecule has 0 saturated heterocycles. The van der Waals surface area contributed by atoms with Crippen LogP contribution in [0.4, 0.5) is 0 Å². The lowest BCUT2D eigenvalue weighted by Gasteiger charge is -2.12. The highest BCUT2D eigenvalue weighted by Crippen LogP contribution is 2.32. The van der Waals surface area contributed by atoms with E-state index >= 15 is 0 Å². The van der Waals surface area contributed by atoms with Gasteiger partial charge in [0.15, 0.2) is 0 Å². The molecule has 1 unspecified atom stereocenters. The van der Waals surface area contributed by atoms with Gasteiger partial charge in [-0.1, -0.05) is 31.5 Å². The van der Waals surface area contributed by atoms with E-state index in [2.05, 4.69) is 13.8 Å². The summed E-state index contributed by atoms with van der Waals surface area (Å²) in [5.41, 5.74) is 7.36. The molecule has 0 radical (unpaired) electrons. The predicted octanol–water partition coefficient (Wildman–Crippen LogP) is 3.02. The summed E-state index contributed by atoms with van der Waals surface area (Å²) in [6, 6.07) is 3.74. The Bertz CT molecular complexity index is 325. The number of benzene rings is 1. The molecule has 3 heteroatoms. The van der Waals surface area contributed by atoms with Crippen LogP contribution >= 0.6 is 11.6 Å². The first-order valence-electron chi connectivity index (χ1n) is 4.81. The number of hydrogen-bond acceptors (Lipinski definition) is 2. The maximum atomic E-state index is 9.56. The van der Waals surface area contributed by atoms with Crippen molar-refractivity contribution >= 4 is 11.6 Å². The fraction of sp³-hybridized carbons (Fsp3) is 0.455. The van der Waals surface area contributed by atoms with E-state index in [1.54, 1.807) is 0 Å². The van der Waals surface area contributed by atoms with Crippen LogP contribution in [0.2, 0.25) is 5.02 Å². The number of aromatic hydroxyl groups is 1. The predicted molar refractivity (Wildman–Crippen MR) is 59.7 cm³/mol. The highest BCUT2D eigenvalue weighted by Gasteiger charge is 2.10. The highest BCUT2D eigenvalue weighted by molar-refractivity contribution is 6.32. The Morgan fingerprint density at radius 1 is 1.50 bits per heavy atom. The first kappa shape index (κ1) is 11.3. The summed E-state index contributed by atoms with van der Waals surface area (Å²) in [5, 5.41) is 9.96. The first-order valence-corrected chi connectivity index (χ1v) is 5.19. The van der Waals surface area contributed by atoms with Gasteiger partial charge in [-0.15, -0.1) is 0 Å². The Morgan fingerprint density at radius 3 is 2.64 bits per heavy atom. The number of nitrogens with two attached hydrogens (primary N) is 1. The van der Waals surface area contributed by atoms with Crippen molar-refractivity contribution in [3.63, 3.8) is 0 Å². The topological polar surface area (TPSA) is 46.2 Å². The van der Waals surface area contributed by atoms with Crippen LogP contribution in [0.25, 0.3) is 0 Å². The summed E-state index contributed by atoms with van der Waals surface area (Å²) in [6.45, 7) is 4.56.